The van der Waals surface area contributed by atoms with Crippen LogP contribution in [-0.2, 0) is 18.5 Å². The first kappa shape index (κ1) is 20.8. The molecule has 0 atom stereocenters. The lowest BCUT2D eigenvalue weighted by molar-refractivity contribution is 0.111. The van der Waals surface area contributed by atoms with Gasteiger partial charge in [-0.25, -0.2) is 4.98 Å². The molecule has 1 aliphatic carbocycles. The molecule has 1 saturated heterocycles. The molecule has 7 heteroatoms. The van der Waals surface area contributed by atoms with Gasteiger partial charge >= 0.3 is 0 Å². The van der Waals surface area contributed by atoms with Crippen LogP contribution in [0.3, 0.4) is 0 Å². The molecule has 5 rings (SSSR count). The number of aromatic nitrogens is 3. The number of aryl methyl sites for hydroxylation is 2. The molecule has 2 aliphatic rings. The van der Waals surface area contributed by atoms with Crippen molar-refractivity contribution in [2.24, 2.45) is 0 Å². The maximum atomic E-state index is 5.75. The molecule has 1 saturated carbocycles. The molecule has 0 bridgehead atoms. The number of hydrogen-bond acceptors (Lipinski definition) is 7. The van der Waals surface area contributed by atoms with Gasteiger partial charge in [-0.3, -0.25) is 9.80 Å². The minimum absolute atomic E-state index is 0.0835. The van der Waals surface area contributed by atoms with Crippen molar-refractivity contribution in [2.75, 3.05) is 26.2 Å². The molecular formula is C24H31N5OS. The van der Waals surface area contributed by atoms with E-state index in [1.54, 1.807) is 11.3 Å². The summed E-state index contributed by atoms with van der Waals surface area (Å²) in [7, 11) is 0. The fraction of sp³-hybridized carbons (Fsp3) is 0.542. The van der Waals surface area contributed by atoms with Gasteiger partial charge in [0.1, 0.15) is 0 Å². The average molecular weight is 438 g/mol. The molecule has 3 aromatic rings. The van der Waals surface area contributed by atoms with Crippen LogP contribution in [0.5, 0.6) is 0 Å². The van der Waals surface area contributed by atoms with Gasteiger partial charge in [-0.1, -0.05) is 47.8 Å². The van der Waals surface area contributed by atoms with Gasteiger partial charge in [-0.05, 0) is 32.3 Å². The predicted octanol–water partition coefficient (Wildman–Crippen LogP) is 4.32. The van der Waals surface area contributed by atoms with Crippen LogP contribution in [0.2, 0.25) is 0 Å². The van der Waals surface area contributed by atoms with E-state index >= 15 is 0 Å². The Labute approximate surface area is 188 Å². The summed E-state index contributed by atoms with van der Waals surface area (Å²) < 4.78 is 5.75. The van der Waals surface area contributed by atoms with Crippen molar-refractivity contribution in [3.8, 4) is 0 Å². The number of thiazole rings is 1. The van der Waals surface area contributed by atoms with Crippen molar-refractivity contribution in [1.82, 2.24) is 24.9 Å². The van der Waals surface area contributed by atoms with Crippen molar-refractivity contribution in [1.29, 1.82) is 0 Å². The molecule has 0 radical (unpaired) electrons. The Kier molecular flexibility index (Phi) is 5.91. The molecule has 3 heterocycles. The Morgan fingerprint density at radius 1 is 0.935 bits per heavy atom. The third-order valence-electron chi connectivity index (χ3n) is 6.83. The minimum Gasteiger partial charge on any atom is -0.338 e. The number of benzene rings is 1. The number of nitrogens with zero attached hydrogens (tertiary/aromatic N) is 5. The molecule has 0 amide bonds. The Hall–Kier alpha value is -2.09. The quantitative estimate of drug-likeness (QED) is 0.572. The predicted molar refractivity (Wildman–Crippen MR) is 122 cm³/mol. The summed E-state index contributed by atoms with van der Waals surface area (Å²) in [5, 5.41) is 7.80. The van der Waals surface area contributed by atoms with Crippen LogP contribution in [0.15, 0.2) is 34.2 Å². The lowest BCUT2D eigenvalue weighted by Crippen LogP contribution is -2.45. The fourth-order valence-electron chi connectivity index (χ4n) is 5.01. The van der Waals surface area contributed by atoms with Crippen LogP contribution < -0.4 is 0 Å². The second-order valence-corrected chi connectivity index (χ2v) is 10.1. The van der Waals surface area contributed by atoms with Gasteiger partial charge < -0.3 is 4.52 Å². The van der Waals surface area contributed by atoms with E-state index in [0.717, 1.165) is 68.8 Å². The number of piperazine rings is 1. The number of rotatable bonds is 6. The van der Waals surface area contributed by atoms with Crippen LogP contribution >= 0.6 is 11.3 Å². The lowest BCUT2D eigenvalue weighted by Gasteiger charge is -2.33. The van der Waals surface area contributed by atoms with E-state index in [4.69, 9.17) is 9.51 Å². The highest BCUT2D eigenvalue weighted by molar-refractivity contribution is 7.09. The van der Waals surface area contributed by atoms with E-state index < -0.39 is 0 Å². The first-order valence-corrected chi connectivity index (χ1v) is 12.2. The second-order valence-electron chi connectivity index (χ2n) is 9.08. The summed E-state index contributed by atoms with van der Waals surface area (Å²) >= 11 is 1.73. The van der Waals surface area contributed by atoms with E-state index in [-0.39, 0.29) is 5.41 Å². The average Bonchev–Trinajstić information content (AvgIpc) is 3.52. The van der Waals surface area contributed by atoms with Crippen LogP contribution in [0.25, 0.3) is 0 Å². The van der Waals surface area contributed by atoms with Crippen molar-refractivity contribution in [3.05, 3.63) is 63.2 Å². The smallest absolute Gasteiger partial charge is 0.240 e. The van der Waals surface area contributed by atoms with Crippen LogP contribution in [0, 0.1) is 13.8 Å². The summed E-state index contributed by atoms with van der Waals surface area (Å²) in [5.74, 6) is 1.62. The molecule has 1 aliphatic heterocycles. The molecule has 2 aromatic heterocycles. The molecule has 6 nitrogen and oxygen atoms in total. The Morgan fingerprint density at radius 3 is 2.26 bits per heavy atom. The molecule has 164 valence electrons. The van der Waals surface area contributed by atoms with Gasteiger partial charge in [0.2, 0.25) is 5.89 Å². The SMILES string of the molecule is Cc1ccc(C2(c3noc(CN4CCN(Cc5csc(C)n5)CC4)n3)CCCC2)cc1. The van der Waals surface area contributed by atoms with E-state index in [2.05, 4.69) is 63.4 Å². The summed E-state index contributed by atoms with van der Waals surface area (Å²) in [5.41, 5.74) is 3.72. The molecular weight excluding hydrogens is 406 g/mol. The Balaban J connectivity index is 1.22. The zero-order valence-corrected chi connectivity index (χ0v) is 19.3. The lowest BCUT2D eigenvalue weighted by atomic mass is 9.78. The second kappa shape index (κ2) is 8.81. The van der Waals surface area contributed by atoms with Crippen LogP contribution in [0.4, 0.5) is 0 Å². The van der Waals surface area contributed by atoms with E-state index in [1.807, 2.05) is 0 Å². The highest BCUT2D eigenvalue weighted by Crippen LogP contribution is 2.45. The largest absolute Gasteiger partial charge is 0.338 e. The van der Waals surface area contributed by atoms with Gasteiger partial charge in [0.05, 0.1) is 22.7 Å². The topological polar surface area (TPSA) is 58.3 Å². The third kappa shape index (κ3) is 4.45. The van der Waals surface area contributed by atoms with Gasteiger partial charge in [0.15, 0.2) is 5.82 Å². The zero-order chi connectivity index (χ0) is 21.3. The molecule has 1 aromatic carbocycles. The zero-order valence-electron chi connectivity index (χ0n) is 18.5. The maximum Gasteiger partial charge on any atom is 0.240 e. The standard InChI is InChI=1S/C24H31N5OS/c1-18-5-7-20(8-6-18)24(9-3-4-10-24)23-26-22(30-27-23)16-29-13-11-28(12-14-29)15-21-17-31-19(2)25-21/h5-8,17H,3-4,9-16H2,1-2H3. The first-order chi connectivity index (χ1) is 15.1. The van der Waals surface area contributed by atoms with E-state index in [0.29, 0.717) is 0 Å². The normalized spacial score (nSPS) is 19.8. The number of hydrogen-bond donors (Lipinski definition) is 0. The Bertz CT molecular complexity index is 997. The Morgan fingerprint density at radius 2 is 1.61 bits per heavy atom. The van der Waals surface area contributed by atoms with Gasteiger partial charge in [-0.15, -0.1) is 11.3 Å². The first-order valence-electron chi connectivity index (χ1n) is 11.4. The summed E-state index contributed by atoms with van der Waals surface area (Å²) in [4.78, 5) is 14.4. The maximum absolute atomic E-state index is 5.75. The molecule has 31 heavy (non-hydrogen) atoms. The summed E-state index contributed by atoms with van der Waals surface area (Å²) in [6, 6.07) is 8.89. The van der Waals surface area contributed by atoms with Crippen molar-refractivity contribution >= 4 is 11.3 Å². The minimum atomic E-state index is -0.0835. The molecule has 0 unspecified atom stereocenters. The van der Waals surface area contributed by atoms with Crippen molar-refractivity contribution in [2.45, 2.75) is 58.0 Å². The highest BCUT2D eigenvalue weighted by atomic mass is 32.1. The van der Waals surface area contributed by atoms with Gasteiger partial charge in [0.25, 0.3) is 0 Å². The van der Waals surface area contributed by atoms with Crippen LogP contribution in [-0.4, -0.2) is 51.1 Å². The van der Waals surface area contributed by atoms with Crippen molar-refractivity contribution in [3.63, 3.8) is 0 Å². The molecule has 0 spiro atoms. The van der Waals surface area contributed by atoms with Crippen molar-refractivity contribution < 1.29 is 4.52 Å². The van der Waals surface area contributed by atoms with Gasteiger partial charge in [0, 0.05) is 38.1 Å². The molecule has 2 fully saturated rings. The third-order valence-corrected chi connectivity index (χ3v) is 7.66. The summed E-state index contributed by atoms with van der Waals surface area (Å²) in [6.45, 7) is 10.0. The van der Waals surface area contributed by atoms with E-state index in [1.165, 1.54) is 29.7 Å². The fourth-order valence-corrected chi connectivity index (χ4v) is 5.62. The van der Waals surface area contributed by atoms with E-state index in [9.17, 15) is 0 Å². The van der Waals surface area contributed by atoms with Gasteiger partial charge in [-0.2, -0.15) is 4.98 Å². The monoisotopic (exact) mass is 437 g/mol. The summed E-state index contributed by atoms with van der Waals surface area (Å²) in [6.07, 6.45) is 4.64. The molecule has 0 N–H and O–H groups in total. The van der Waals surface area contributed by atoms with Crippen LogP contribution in [0.1, 0.15) is 59.2 Å². The highest BCUT2D eigenvalue weighted by Gasteiger charge is 2.41.